The molecule has 0 aliphatic rings. The molecule has 2 nitrogen and oxygen atoms in total. The van der Waals surface area contributed by atoms with Gasteiger partial charge in [-0.1, -0.05) is 104 Å². The highest BCUT2D eigenvalue weighted by atomic mass is 16.5. The van der Waals surface area contributed by atoms with E-state index in [1.807, 2.05) is 0 Å². The van der Waals surface area contributed by atoms with Crippen LogP contribution in [-0.4, -0.2) is 12.6 Å². The first-order valence-electron chi connectivity index (χ1n) is 10.5. The molecular weight excluding hydrogens is 284 g/mol. The van der Waals surface area contributed by atoms with Crippen LogP contribution in [-0.2, 0) is 9.53 Å². The zero-order valence-electron chi connectivity index (χ0n) is 16.0. The van der Waals surface area contributed by atoms with E-state index in [-0.39, 0.29) is 5.97 Å². The van der Waals surface area contributed by atoms with Crippen molar-refractivity contribution in [2.75, 3.05) is 6.61 Å². The molecule has 2 heteroatoms. The third-order valence-corrected chi connectivity index (χ3v) is 4.50. The van der Waals surface area contributed by atoms with E-state index in [0.717, 1.165) is 25.7 Å². The SMILES string of the molecule is CCCCCCCCCCCCCCCOC(=O)CCCCC. The van der Waals surface area contributed by atoms with Crippen LogP contribution in [0.3, 0.4) is 0 Å². The van der Waals surface area contributed by atoms with E-state index in [1.54, 1.807) is 0 Å². The van der Waals surface area contributed by atoms with Crippen molar-refractivity contribution in [3.8, 4) is 0 Å². The van der Waals surface area contributed by atoms with Crippen molar-refractivity contribution in [1.29, 1.82) is 0 Å². The predicted molar refractivity (Wildman–Crippen MR) is 101 cm³/mol. The van der Waals surface area contributed by atoms with Crippen molar-refractivity contribution in [2.24, 2.45) is 0 Å². The highest BCUT2D eigenvalue weighted by Crippen LogP contribution is 2.12. The Kier molecular flexibility index (Phi) is 19.1. The predicted octanol–water partition coefficient (Wildman–Crippen LogP) is 7.20. The van der Waals surface area contributed by atoms with Crippen molar-refractivity contribution in [1.82, 2.24) is 0 Å². The second-order valence-corrected chi connectivity index (χ2v) is 6.92. The second-order valence-electron chi connectivity index (χ2n) is 6.92. The lowest BCUT2D eigenvalue weighted by Gasteiger charge is -2.05. The molecule has 0 unspecified atom stereocenters. The Balaban J connectivity index is 3.06. The zero-order valence-corrected chi connectivity index (χ0v) is 16.0. The van der Waals surface area contributed by atoms with Crippen LogP contribution in [0.2, 0.25) is 0 Å². The minimum absolute atomic E-state index is 0.00242. The van der Waals surface area contributed by atoms with Gasteiger partial charge in [0, 0.05) is 6.42 Å². The van der Waals surface area contributed by atoms with Crippen LogP contribution in [0.5, 0.6) is 0 Å². The minimum atomic E-state index is -0.00242. The third kappa shape index (κ3) is 19.4. The fourth-order valence-electron chi connectivity index (χ4n) is 2.90. The molecule has 0 fully saturated rings. The van der Waals surface area contributed by atoms with Crippen LogP contribution in [0, 0.1) is 0 Å². The van der Waals surface area contributed by atoms with Gasteiger partial charge in [-0.05, 0) is 12.8 Å². The van der Waals surface area contributed by atoms with Crippen molar-refractivity contribution in [2.45, 2.75) is 123 Å². The maximum atomic E-state index is 11.4. The molecular formula is C21H42O2. The Morgan fingerprint density at radius 2 is 0.957 bits per heavy atom. The van der Waals surface area contributed by atoms with Crippen molar-refractivity contribution < 1.29 is 9.53 Å². The third-order valence-electron chi connectivity index (χ3n) is 4.50. The molecule has 0 saturated carbocycles. The van der Waals surface area contributed by atoms with Gasteiger partial charge >= 0.3 is 5.97 Å². The van der Waals surface area contributed by atoms with Gasteiger partial charge in [0.25, 0.3) is 0 Å². The molecule has 0 aliphatic heterocycles. The number of unbranched alkanes of at least 4 members (excludes halogenated alkanes) is 14. The van der Waals surface area contributed by atoms with E-state index in [0.29, 0.717) is 13.0 Å². The summed E-state index contributed by atoms with van der Waals surface area (Å²) in [5.74, 6) is -0.00242. The summed E-state index contributed by atoms with van der Waals surface area (Å²) >= 11 is 0. The molecule has 0 aromatic rings. The first kappa shape index (κ1) is 22.5. The molecule has 0 heterocycles. The Hall–Kier alpha value is -0.530. The average molecular weight is 327 g/mol. The molecule has 0 radical (unpaired) electrons. The maximum Gasteiger partial charge on any atom is 0.305 e. The normalized spacial score (nSPS) is 10.9. The fraction of sp³-hybridized carbons (Fsp3) is 0.952. The van der Waals surface area contributed by atoms with Gasteiger partial charge in [-0.3, -0.25) is 4.79 Å². The molecule has 0 bridgehead atoms. The Morgan fingerprint density at radius 1 is 0.565 bits per heavy atom. The van der Waals surface area contributed by atoms with Gasteiger partial charge in [0.2, 0.25) is 0 Å². The first-order valence-corrected chi connectivity index (χ1v) is 10.5. The van der Waals surface area contributed by atoms with Gasteiger partial charge in [0.15, 0.2) is 0 Å². The molecule has 0 aromatic heterocycles. The van der Waals surface area contributed by atoms with Crippen LogP contribution >= 0.6 is 0 Å². The molecule has 0 amide bonds. The first-order chi connectivity index (χ1) is 11.3. The largest absolute Gasteiger partial charge is 0.466 e. The highest BCUT2D eigenvalue weighted by Gasteiger charge is 2.01. The van der Waals surface area contributed by atoms with Crippen LogP contribution < -0.4 is 0 Å². The standard InChI is InChI=1S/C21H42O2/c1-3-5-7-8-9-10-11-12-13-14-15-16-18-20-23-21(22)19-17-6-4-2/h3-20H2,1-2H3. The lowest BCUT2D eigenvalue weighted by molar-refractivity contribution is -0.143. The number of ether oxygens (including phenoxy) is 1. The summed E-state index contributed by atoms with van der Waals surface area (Å²) in [5.41, 5.74) is 0. The molecule has 0 saturated heterocycles. The summed E-state index contributed by atoms with van der Waals surface area (Å²) in [6.45, 7) is 5.05. The number of hydrogen-bond donors (Lipinski definition) is 0. The van der Waals surface area contributed by atoms with E-state index in [4.69, 9.17) is 4.74 Å². The van der Waals surface area contributed by atoms with Crippen LogP contribution in [0.15, 0.2) is 0 Å². The lowest BCUT2D eigenvalue weighted by Crippen LogP contribution is -2.05. The van der Waals surface area contributed by atoms with Gasteiger partial charge in [0.1, 0.15) is 0 Å². The topological polar surface area (TPSA) is 26.3 Å². The van der Waals surface area contributed by atoms with Crippen molar-refractivity contribution >= 4 is 5.97 Å². The summed E-state index contributed by atoms with van der Waals surface area (Å²) < 4.78 is 5.25. The molecule has 0 spiro atoms. The van der Waals surface area contributed by atoms with Crippen molar-refractivity contribution in [3.05, 3.63) is 0 Å². The minimum Gasteiger partial charge on any atom is -0.466 e. The van der Waals surface area contributed by atoms with Gasteiger partial charge in [0.05, 0.1) is 6.61 Å². The van der Waals surface area contributed by atoms with E-state index < -0.39 is 0 Å². The Morgan fingerprint density at radius 3 is 1.43 bits per heavy atom. The van der Waals surface area contributed by atoms with Gasteiger partial charge in [-0.2, -0.15) is 0 Å². The molecule has 0 aliphatic carbocycles. The van der Waals surface area contributed by atoms with Crippen molar-refractivity contribution in [3.63, 3.8) is 0 Å². The number of hydrogen-bond acceptors (Lipinski definition) is 2. The van der Waals surface area contributed by atoms with Crippen LogP contribution in [0.25, 0.3) is 0 Å². The lowest BCUT2D eigenvalue weighted by atomic mass is 10.0. The molecule has 0 N–H and O–H groups in total. The molecule has 23 heavy (non-hydrogen) atoms. The average Bonchev–Trinajstić information content (AvgIpc) is 2.55. The van der Waals surface area contributed by atoms with Gasteiger partial charge in [-0.25, -0.2) is 0 Å². The van der Waals surface area contributed by atoms with E-state index >= 15 is 0 Å². The summed E-state index contributed by atoms with van der Waals surface area (Å²) in [5, 5.41) is 0. The maximum absolute atomic E-state index is 11.4. The fourth-order valence-corrected chi connectivity index (χ4v) is 2.90. The monoisotopic (exact) mass is 326 g/mol. The van der Waals surface area contributed by atoms with Crippen LogP contribution in [0.1, 0.15) is 123 Å². The smallest absolute Gasteiger partial charge is 0.305 e. The second kappa shape index (κ2) is 19.5. The quantitative estimate of drug-likeness (QED) is 0.196. The Bertz CT molecular complexity index is 238. The van der Waals surface area contributed by atoms with Gasteiger partial charge in [-0.15, -0.1) is 0 Å². The van der Waals surface area contributed by atoms with E-state index in [1.165, 1.54) is 77.0 Å². The molecule has 0 atom stereocenters. The highest BCUT2D eigenvalue weighted by molar-refractivity contribution is 5.69. The summed E-state index contributed by atoms with van der Waals surface area (Å²) in [6.07, 6.45) is 21.5. The van der Waals surface area contributed by atoms with Crippen LogP contribution in [0.4, 0.5) is 0 Å². The number of carbonyl (C=O) groups excluding carboxylic acids is 1. The number of carbonyl (C=O) groups is 1. The number of esters is 1. The summed E-state index contributed by atoms with van der Waals surface area (Å²) in [6, 6.07) is 0. The number of rotatable bonds is 18. The zero-order chi connectivity index (χ0) is 17.0. The van der Waals surface area contributed by atoms with Gasteiger partial charge < -0.3 is 4.74 Å². The van der Waals surface area contributed by atoms with E-state index in [2.05, 4.69) is 13.8 Å². The molecule has 138 valence electrons. The Labute approximate surface area is 145 Å². The molecule has 0 rings (SSSR count). The summed E-state index contributed by atoms with van der Waals surface area (Å²) in [7, 11) is 0. The summed E-state index contributed by atoms with van der Waals surface area (Å²) in [4.78, 5) is 11.4. The van der Waals surface area contributed by atoms with E-state index in [9.17, 15) is 4.79 Å². The molecule has 0 aromatic carbocycles.